The van der Waals surface area contributed by atoms with Crippen LogP contribution in [0.3, 0.4) is 0 Å². The van der Waals surface area contributed by atoms with Crippen LogP contribution in [0.2, 0.25) is 0 Å². The van der Waals surface area contributed by atoms with E-state index in [1.54, 1.807) is 18.6 Å². The number of ether oxygens (including phenoxy) is 1. The molecule has 2 N–H and O–H groups in total. The van der Waals surface area contributed by atoms with Crippen LogP contribution in [0.5, 0.6) is 5.75 Å². The molecule has 0 bridgehead atoms. The number of carboxylic acids is 1. The van der Waals surface area contributed by atoms with Gasteiger partial charge in [-0.1, -0.05) is 17.7 Å². The van der Waals surface area contributed by atoms with E-state index in [1.165, 1.54) is 16.9 Å². The fourth-order valence-electron chi connectivity index (χ4n) is 2.14. The first-order chi connectivity index (χ1) is 10.0. The lowest BCUT2D eigenvalue weighted by Gasteiger charge is -2.17. The van der Waals surface area contributed by atoms with Crippen molar-refractivity contribution in [1.29, 1.82) is 0 Å². The van der Waals surface area contributed by atoms with Gasteiger partial charge in [-0.15, -0.1) is 11.3 Å². The van der Waals surface area contributed by atoms with Crippen LogP contribution in [0.4, 0.5) is 0 Å². The van der Waals surface area contributed by atoms with E-state index < -0.39 is 5.97 Å². The fraction of sp³-hybridized carbons (Fsp3) is 0.312. The smallest absolute Gasteiger partial charge is 0.336 e. The van der Waals surface area contributed by atoms with Gasteiger partial charge in [0.1, 0.15) is 5.75 Å². The third kappa shape index (κ3) is 3.83. The molecule has 112 valence electrons. The number of aryl methyl sites for hydroxylation is 1. The summed E-state index contributed by atoms with van der Waals surface area (Å²) >= 11 is 1.45. The van der Waals surface area contributed by atoms with Gasteiger partial charge in [-0.25, -0.2) is 4.79 Å². The molecule has 0 aliphatic rings. The Morgan fingerprint density at radius 1 is 1.43 bits per heavy atom. The number of rotatable bonds is 6. The van der Waals surface area contributed by atoms with Gasteiger partial charge >= 0.3 is 5.97 Å². The predicted octanol–water partition coefficient (Wildman–Crippen LogP) is 3.61. The van der Waals surface area contributed by atoms with Crippen LogP contribution in [-0.2, 0) is 6.54 Å². The molecule has 21 heavy (non-hydrogen) atoms. The normalized spacial score (nSPS) is 12.1. The number of benzene rings is 1. The van der Waals surface area contributed by atoms with Gasteiger partial charge < -0.3 is 15.2 Å². The molecule has 0 spiro atoms. The van der Waals surface area contributed by atoms with Crippen LogP contribution in [0.15, 0.2) is 29.6 Å². The second-order valence-electron chi connectivity index (χ2n) is 4.95. The van der Waals surface area contributed by atoms with E-state index in [9.17, 15) is 4.79 Å². The summed E-state index contributed by atoms with van der Waals surface area (Å²) < 4.78 is 5.39. The number of hydrogen-bond donors (Lipinski definition) is 2. The third-order valence-electron chi connectivity index (χ3n) is 3.33. The van der Waals surface area contributed by atoms with E-state index in [4.69, 9.17) is 9.84 Å². The molecule has 2 aromatic rings. The summed E-state index contributed by atoms with van der Waals surface area (Å²) in [6.45, 7) is 4.76. The van der Waals surface area contributed by atoms with E-state index in [0.29, 0.717) is 12.1 Å². The number of carboxylic acid groups (broad SMARTS) is 1. The van der Waals surface area contributed by atoms with Gasteiger partial charge in [0.25, 0.3) is 0 Å². The van der Waals surface area contributed by atoms with E-state index in [-0.39, 0.29) is 6.04 Å². The number of nitrogens with one attached hydrogen (secondary N) is 1. The lowest BCUT2D eigenvalue weighted by molar-refractivity contribution is 0.0697. The fourth-order valence-corrected chi connectivity index (χ4v) is 2.95. The molecule has 1 atom stereocenters. The number of carbonyl (C=O) groups is 1. The molecule has 5 heteroatoms. The van der Waals surface area contributed by atoms with Crippen molar-refractivity contribution < 1.29 is 14.6 Å². The zero-order valence-corrected chi connectivity index (χ0v) is 13.2. The number of hydrogen-bond acceptors (Lipinski definition) is 4. The molecule has 0 aliphatic heterocycles. The van der Waals surface area contributed by atoms with Gasteiger partial charge in [0, 0.05) is 28.4 Å². The Labute approximate surface area is 128 Å². The molecule has 1 unspecified atom stereocenters. The molecule has 0 saturated carbocycles. The second kappa shape index (κ2) is 6.74. The molecule has 0 amide bonds. The van der Waals surface area contributed by atoms with Crippen molar-refractivity contribution in [3.63, 3.8) is 0 Å². The average molecular weight is 305 g/mol. The second-order valence-corrected chi connectivity index (χ2v) is 5.95. The van der Waals surface area contributed by atoms with E-state index in [0.717, 1.165) is 16.2 Å². The Balaban J connectivity index is 2.05. The van der Waals surface area contributed by atoms with Crippen molar-refractivity contribution in [2.45, 2.75) is 26.4 Å². The molecule has 4 nitrogen and oxygen atoms in total. The minimum absolute atomic E-state index is 0.121. The minimum atomic E-state index is -0.883. The van der Waals surface area contributed by atoms with Crippen molar-refractivity contribution in [3.8, 4) is 5.75 Å². The van der Waals surface area contributed by atoms with Gasteiger partial charge in [-0.2, -0.15) is 0 Å². The third-order valence-corrected chi connectivity index (χ3v) is 4.27. The number of thiophene rings is 1. The monoisotopic (exact) mass is 305 g/mol. The van der Waals surface area contributed by atoms with Crippen LogP contribution in [0.25, 0.3) is 0 Å². The highest BCUT2D eigenvalue weighted by Crippen LogP contribution is 2.26. The maximum Gasteiger partial charge on any atom is 0.336 e. The maximum absolute atomic E-state index is 10.9. The highest BCUT2D eigenvalue weighted by Gasteiger charge is 2.12. The van der Waals surface area contributed by atoms with Crippen LogP contribution in [0.1, 0.15) is 39.3 Å². The molecule has 2 rings (SSSR count). The van der Waals surface area contributed by atoms with Crippen LogP contribution < -0.4 is 10.1 Å². The number of aromatic carboxylic acids is 1. The van der Waals surface area contributed by atoms with E-state index >= 15 is 0 Å². The lowest BCUT2D eigenvalue weighted by atomic mass is 10.0. The van der Waals surface area contributed by atoms with E-state index in [1.807, 2.05) is 19.1 Å². The summed E-state index contributed by atoms with van der Waals surface area (Å²) in [5.74, 6) is -0.0242. The number of methoxy groups -OCH3 is 1. The first-order valence-corrected chi connectivity index (χ1v) is 7.58. The topological polar surface area (TPSA) is 58.6 Å². The van der Waals surface area contributed by atoms with Crippen LogP contribution in [-0.4, -0.2) is 18.2 Å². The van der Waals surface area contributed by atoms with Crippen molar-refractivity contribution in [2.24, 2.45) is 0 Å². The van der Waals surface area contributed by atoms with Gasteiger partial charge in [-0.3, -0.25) is 0 Å². The van der Waals surface area contributed by atoms with Crippen LogP contribution in [0, 0.1) is 6.92 Å². The molecular weight excluding hydrogens is 286 g/mol. The summed E-state index contributed by atoms with van der Waals surface area (Å²) in [5.41, 5.74) is 2.63. The van der Waals surface area contributed by atoms with Gasteiger partial charge in [0.15, 0.2) is 0 Å². The summed E-state index contributed by atoms with van der Waals surface area (Å²) in [5, 5.41) is 14.0. The first-order valence-electron chi connectivity index (χ1n) is 6.70. The van der Waals surface area contributed by atoms with Crippen molar-refractivity contribution in [2.75, 3.05) is 7.11 Å². The Kier molecular flexibility index (Phi) is 4.98. The maximum atomic E-state index is 10.9. The molecule has 0 saturated heterocycles. The van der Waals surface area contributed by atoms with Crippen LogP contribution >= 0.6 is 11.3 Å². The van der Waals surface area contributed by atoms with Crippen molar-refractivity contribution in [1.82, 2.24) is 5.32 Å². The minimum Gasteiger partial charge on any atom is -0.496 e. The predicted molar refractivity (Wildman–Crippen MR) is 84.3 cm³/mol. The Bertz CT molecular complexity index is 636. The summed E-state index contributed by atoms with van der Waals surface area (Å²) in [6.07, 6.45) is 0. The summed E-state index contributed by atoms with van der Waals surface area (Å²) in [6, 6.07) is 7.92. The molecule has 0 aliphatic carbocycles. The Hall–Kier alpha value is -1.85. The van der Waals surface area contributed by atoms with Gasteiger partial charge in [0.2, 0.25) is 0 Å². The van der Waals surface area contributed by atoms with E-state index in [2.05, 4.69) is 18.3 Å². The molecule has 0 radical (unpaired) electrons. The Morgan fingerprint density at radius 2 is 2.19 bits per heavy atom. The van der Waals surface area contributed by atoms with Gasteiger partial charge in [-0.05, 0) is 26.0 Å². The molecule has 1 aromatic carbocycles. The first kappa shape index (κ1) is 15.5. The SMILES string of the molecule is COc1ccc(C)cc1C(C)NCc1cc(C(=O)O)cs1. The largest absolute Gasteiger partial charge is 0.496 e. The standard InChI is InChI=1S/C16H19NO3S/c1-10-4-5-15(20-3)14(6-10)11(2)17-8-13-7-12(9-21-13)16(18)19/h4-7,9,11,17H,8H2,1-3H3,(H,18,19). The summed E-state index contributed by atoms with van der Waals surface area (Å²) in [7, 11) is 1.67. The molecule has 1 heterocycles. The van der Waals surface area contributed by atoms with Crippen molar-refractivity contribution >= 4 is 17.3 Å². The highest BCUT2D eigenvalue weighted by atomic mass is 32.1. The van der Waals surface area contributed by atoms with Gasteiger partial charge in [0.05, 0.1) is 12.7 Å². The zero-order valence-electron chi connectivity index (χ0n) is 12.3. The highest BCUT2D eigenvalue weighted by molar-refractivity contribution is 7.10. The zero-order chi connectivity index (χ0) is 15.4. The molecule has 0 fully saturated rings. The Morgan fingerprint density at radius 3 is 2.81 bits per heavy atom. The quantitative estimate of drug-likeness (QED) is 0.856. The average Bonchev–Trinajstić information content (AvgIpc) is 2.94. The summed E-state index contributed by atoms with van der Waals surface area (Å²) in [4.78, 5) is 11.9. The molecule has 1 aromatic heterocycles. The van der Waals surface area contributed by atoms with Crippen molar-refractivity contribution in [3.05, 3.63) is 51.2 Å². The lowest BCUT2D eigenvalue weighted by Crippen LogP contribution is -2.18. The molecular formula is C16H19NO3S.